The summed E-state index contributed by atoms with van der Waals surface area (Å²) in [6, 6.07) is 12.6. The normalized spacial score (nSPS) is 15.8. The zero-order valence-corrected chi connectivity index (χ0v) is 13.8. The molecule has 0 bridgehead atoms. The number of benzene rings is 2. The zero-order valence-electron chi connectivity index (χ0n) is 13.8. The third-order valence-electron chi connectivity index (χ3n) is 4.40. The van der Waals surface area contributed by atoms with Gasteiger partial charge in [-0.15, -0.1) is 0 Å². The van der Waals surface area contributed by atoms with Crippen LogP contribution >= 0.6 is 0 Å². The second kappa shape index (κ2) is 8.07. The van der Waals surface area contributed by atoms with Crippen molar-refractivity contribution in [2.45, 2.75) is 18.9 Å². The van der Waals surface area contributed by atoms with Crippen LogP contribution in [0.5, 0.6) is 0 Å². The van der Waals surface area contributed by atoms with E-state index in [0.29, 0.717) is 6.54 Å². The minimum Gasteiger partial charge on any atom is -0.336 e. The summed E-state index contributed by atoms with van der Waals surface area (Å²) in [4.78, 5) is 14.4. The van der Waals surface area contributed by atoms with Crippen LogP contribution < -0.4 is 10.6 Å². The molecule has 0 saturated carbocycles. The molecule has 1 fully saturated rings. The maximum Gasteiger partial charge on any atom is 0.319 e. The van der Waals surface area contributed by atoms with E-state index in [4.69, 9.17) is 0 Å². The van der Waals surface area contributed by atoms with Crippen molar-refractivity contribution in [1.82, 2.24) is 10.2 Å². The second-order valence-corrected chi connectivity index (χ2v) is 6.13. The number of anilines is 1. The van der Waals surface area contributed by atoms with E-state index in [2.05, 4.69) is 15.5 Å². The van der Waals surface area contributed by atoms with E-state index in [1.807, 2.05) is 30.3 Å². The zero-order chi connectivity index (χ0) is 17.6. The molecule has 25 heavy (non-hydrogen) atoms. The summed E-state index contributed by atoms with van der Waals surface area (Å²) in [6.07, 6.45) is 2.30. The number of carbonyl (C=O) groups excluding carboxylic acids is 1. The van der Waals surface area contributed by atoms with E-state index in [-0.39, 0.29) is 11.7 Å². The lowest BCUT2D eigenvalue weighted by Gasteiger charge is -2.28. The lowest BCUT2D eigenvalue weighted by molar-refractivity contribution is 0.227. The van der Waals surface area contributed by atoms with Crippen LogP contribution in [0.25, 0.3) is 0 Å². The Labute approximate surface area is 145 Å². The molecule has 1 aliphatic heterocycles. The van der Waals surface area contributed by atoms with Gasteiger partial charge in [0.2, 0.25) is 0 Å². The van der Waals surface area contributed by atoms with E-state index in [1.54, 1.807) is 0 Å². The Kier molecular flexibility index (Phi) is 5.60. The summed E-state index contributed by atoms with van der Waals surface area (Å²) in [7, 11) is 0. The highest BCUT2D eigenvalue weighted by Crippen LogP contribution is 2.24. The van der Waals surface area contributed by atoms with Gasteiger partial charge in [-0.2, -0.15) is 0 Å². The summed E-state index contributed by atoms with van der Waals surface area (Å²) in [6.45, 7) is 2.41. The number of nitrogens with one attached hydrogen (secondary N) is 2. The number of hydrogen-bond donors (Lipinski definition) is 2. The Hall–Kier alpha value is -2.47. The molecular formula is C19H21F2N3O. The van der Waals surface area contributed by atoms with Crippen molar-refractivity contribution in [3.63, 3.8) is 0 Å². The third kappa shape index (κ3) is 4.54. The third-order valence-corrected chi connectivity index (χ3v) is 4.40. The van der Waals surface area contributed by atoms with E-state index in [1.165, 1.54) is 6.07 Å². The molecule has 0 unspecified atom stereocenters. The molecule has 2 N–H and O–H groups in total. The fraction of sp³-hybridized carbons (Fsp3) is 0.316. The molecule has 1 aliphatic rings. The monoisotopic (exact) mass is 345 g/mol. The van der Waals surface area contributed by atoms with Crippen molar-refractivity contribution in [3.8, 4) is 0 Å². The van der Waals surface area contributed by atoms with Crippen molar-refractivity contribution in [2.75, 3.05) is 25.0 Å². The first-order valence-electron chi connectivity index (χ1n) is 8.42. The van der Waals surface area contributed by atoms with Crippen LogP contribution in [0, 0.1) is 11.6 Å². The fourth-order valence-corrected chi connectivity index (χ4v) is 3.13. The van der Waals surface area contributed by atoms with Gasteiger partial charge in [0.25, 0.3) is 0 Å². The Morgan fingerprint density at radius 3 is 2.48 bits per heavy atom. The van der Waals surface area contributed by atoms with Gasteiger partial charge in [-0.05, 0) is 43.6 Å². The molecule has 2 aromatic rings. The molecular weight excluding hydrogens is 324 g/mol. The molecule has 2 amide bonds. The average Bonchev–Trinajstić information content (AvgIpc) is 3.13. The van der Waals surface area contributed by atoms with Crippen LogP contribution in [0.2, 0.25) is 0 Å². The number of carbonyl (C=O) groups is 1. The largest absolute Gasteiger partial charge is 0.336 e. The number of hydrogen-bond acceptors (Lipinski definition) is 2. The first-order chi connectivity index (χ1) is 12.1. The molecule has 0 aliphatic carbocycles. The van der Waals surface area contributed by atoms with E-state index >= 15 is 0 Å². The number of urea groups is 1. The standard InChI is InChI=1S/C19H21F2N3O/c20-15-8-9-17(16(21)12-15)23-19(25)22-13-18(24-10-4-5-11-24)14-6-2-1-3-7-14/h1-3,6-9,12,18H,4-5,10-11,13H2,(H2,22,23,25)/t18-/m1/s1. The van der Waals surface area contributed by atoms with Gasteiger partial charge in [-0.3, -0.25) is 4.90 Å². The fourth-order valence-electron chi connectivity index (χ4n) is 3.13. The predicted molar refractivity (Wildman–Crippen MR) is 93.4 cm³/mol. The van der Waals surface area contributed by atoms with Crippen molar-refractivity contribution < 1.29 is 13.6 Å². The highest BCUT2D eigenvalue weighted by atomic mass is 19.1. The molecule has 1 saturated heterocycles. The molecule has 1 atom stereocenters. The van der Waals surface area contributed by atoms with Gasteiger partial charge in [-0.25, -0.2) is 13.6 Å². The molecule has 3 rings (SSSR count). The summed E-state index contributed by atoms with van der Waals surface area (Å²) in [5.41, 5.74) is 1.09. The second-order valence-electron chi connectivity index (χ2n) is 6.13. The van der Waals surface area contributed by atoms with Gasteiger partial charge in [0.05, 0.1) is 11.7 Å². The minimum absolute atomic E-state index is 0.0451. The molecule has 2 aromatic carbocycles. The van der Waals surface area contributed by atoms with Crippen LogP contribution in [0.15, 0.2) is 48.5 Å². The average molecular weight is 345 g/mol. The smallest absolute Gasteiger partial charge is 0.319 e. The molecule has 1 heterocycles. The SMILES string of the molecule is O=C(NC[C@H](c1ccccc1)N1CCCC1)Nc1ccc(F)cc1F. The van der Waals surface area contributed by atoms with Gasteiger partial charge in [0.1, 0.15) is 11.6 Å². The van der Waals surface area contributed by atoms with Crippen molar-refractivity contribution in [2.24, 2.45) is 0 Å². The maximum absolute atomic E-state index is 13.6. The van der Waals surface area contributed by atoms with Crippen molar-refractivity contribution in [3.05, 3.63) is 65.7 Å². The molecule has 0 aromatic heterocycles. The van der Waals surface area contributed by atoms with E-state index in [9.17, 15) is 13.6 Å². The highest BCUT2D eigenvalue weighted by Gasteiger charge is 2.23. The first kappa shape index (κ1) is 17.4. The van der Waals surface area contributed by atoms with Gasteiger partial charge < -0.3 is 10.6 Å². The maximum atomic E-state index is 13.6. The van der Waals surface area contributed by atoms with Crippen LogP contribution in [0.4, 0.5) is 19.3 Å². The first-order valence-corrected chi connectivity index (χ1v) is 8.42. The van der Waals surface area contributed by atoms with Crippen LogP contribution in [-0.4, -0.2) is 30.6 Å². The Morgan fingerprint density at radius 2 is 1.80 bits per heavy atom. The van der Waals surface area contributed by atoms with Gasteiger partial charge in [0.15, 0.2) is 0 Å². The minimum atomic E-state index is -0.797. The summed E-state index contributed by atoms with van der Waals surface area (Å²) in [5.74, 6) is -1.48. The molecule has 132 valence electrons. The molecule has 4 nitrogen and oxygen atoms in total. The summed E-state index contributed by atoms with van der Waals surface area (Å²) in [5, 5.41) is 5.22. The quantitative estimate of drug-likeness (QED) is 0.863. The molecule has 0 radical (unpaired) electrons. The Balaban J connectivity index is 1.63. The molecule has 6 heteroatoms. The van der Waals surface area contributed by atoms with Gasteiger partial charge in [0, 0.05) is 12.6 Å². The van der Waals surface area contributed by atoms with Crippen molar-refractivity contribution in [1.29, 1.82) is 0 Å². The summed E-state index contributed by atoms with van der Waals surface area (Å²) >= 11 is 0. The Bertz CT molecular complexity index is 718. The van der Waals surface area contributed by atoms with Crippen LogP contribution in [0.3, 0.4) is 0 Å². The lowest BCUT2D eigenvalue weighted by Crippen LogP contribution is -2.38. The van der Waals surface area contributed by atoms with Crippen LogP contribution in [-0.2, 0) is 0 Å². The van der Waals surface area contributed by atoms with Gasteiger partial charge in [-0.1, -0.05) is 30.3 Å². The van der Waals surface area contributed by atoms with Crippen molar-refractivity contribution >= 4 is 11.7 Å². The molecule has 0 spiro atoms. The van der Waals surface area contributed by atoms with Gasteiger partial charge >= 0.3 is 6.03 Å². The Morgan fingerprint density at radius 1 is 1.08 bits per heavy atom. The summed E-state index contributed by atoms with van der Waals surface area (Å²) < 4.78 is 26.6. The number of halogens is 2. The number of amides is 2. The van der Waals surface area contributed by atoms with E-state index < -0.39 is 17.7 Å². The van der Waals surface area contributed by atoms with E-state index in [0.717, 1.165) is 43.6 Å². The van der Waals surface area contributed by atoms with Crippen LogP contribution in [0.1, 0.15) is 24.4 Å². The predicted octanol–water partition coefficient (Wildman–Crippen LogP) is 3.92. The topological polar surface area (TPSA) is 44.4 Å². The number of nitrogens with zero attached hydrogens (tertiary/aromatic N) is 1. The highest BCUT2D eigenvalue weighted by molar-refractivity contribution is 5.89. The number of rotatable bonds is 5. The number of likely N-dealkylation sites (tertiary alicyclic amines) is 1. The lowest BCUT2D eigenvalue weighted by atomic mass is 10.1.